The average molecular weight is 1010 g/mol. The van der Waals surface area contributed by atoms with Gasteiger partial charge in [0.2, 0.25) is 65.0 Å². The van der Waals surface area contributed by atoms with Crippen LogP contribution in [-0.4, -0.2) is 169 Å². The number of hydrogen-bond acceptors (Lipinski definition) is 12. The Morgan fingerprint density at radius 2 is 1.23 bits per heavy atom. The largest absolute Gasteiger partial charge is 0.356 e. The van der Waals surface area contributed by atoms with Crippen molar-refractivity contribution in [2.75, 3.05) is 59.9 Å². The summed E-state index contributed by atoms with van der Waals surface area (Å²) in [6, 6.07) is -2.93. The van der Waals surface area contributed by atoms with Gasteiger partial charge in [-0.05, 0) is 107 Å². The molecule has 1 fully saturated rings. The molecule has 0 aromatic rings. The number of likely N-dealkylation sites (tertiary alicyclic amines) is 1. The van der Waals surface area contributed by atoms with Crippen LogP contribution in [0.25, 0.3) is 0 Å². The molecule has 23 heteroatoms. The van der Waals surface area contributed by atoms with Crippen molar-refractivity contribution in [3.63, 3.8) is 0 Å². The van der Waals surface area contributed by atoms with Gasteiger partial charge in [-0.25, -0.2) is 0 Å². The van der Waals surface area contributed by atoms with Gasteiger partial charge in [-0.2, -0.15) is 0 Å². The van der Waals surface area contributed by atoms with E-state index < -0.39 is 95.1 Å². The third kappa shape index (κ3) is 24.7. The van der Waals surface area contributed by atoms with Gasteiger partial charge in [0.25, 0.3) is 0 Å². The number of carbonyl (C=O) groups excluding carboxylic acids is 11. The van der Waals surface area contributed by atoms with Gasteiger partial charge in [-0.15, -0.1) is 0 Å². The molecule has 1 saturated heterocycles. The van der Waals surface area contributed by atoms with E-state index in [1.54, 1.807) is 4.90 Å². The molecule has 0 aromatic heterocycles. The van der Waals surface area contributed by atoms with E-state index in [0.717, 1.165) is 12.8 Å². The zero-order valence-electron chi connectivity index (χ0n) is 44.4. The molecule has 11 amide bonds. The number of nitrogens with zero attached hydrogens (tertiary/aromatic N) is 2. The summed E-state index contributed by atoms with van der Waals surface area (Å²) < 4.78 is 0. The van der Waals surface area contributed by atoms with E-state index in [9.17, 15) is 52.7 Å². The second kappa shape index (κ2) is 30.8. The van der Waals surface area contributed by atoms with Gasteiger partial charge in [-0.3, -0.25) is 52.7 Å². The number of nitrogens with one attached hydrogen (secondary N) is 10. The van der Waals surface area contributed by atoms with E-state index >= 15 is 0 Å². The number of amides is 11. The average Bonchev–Trinajstić information content (AvgIpc) is 3.76. The van der Waals surface area contributed by atoms with Crippen molar-refractivity contribution in [2.24, 2.45) is 5.92 Å². The Bertz CT molecular complexity index is 1850. The van der Waals surface area contributed by atoms with Gasteiger partial charge >= 0.3 is 0 Å². The van der Waals surface area contributed by atoms with E-state index in [1.807, 2.05) is 39.8 Å². The number of unbranched alkanes of at least 4 members (excludes halogenated alkanes) is 3. The normalized spacial score (nSPS) is 14.6. The van der Waals surface area contributed by atoms with Gasteiger partial charge in [0.05, 0.1) is 13.1 Å². The summed E-state index contributed by atoms with van der Waals surface area (Å²) in [6.45, 7) is 16.4. The van der Waals surface area contributed by atoms with Crippen molar-refractivity contribution >= 4 is 65.0 Å². The molecule has 0 spiro atoms. The summed E-state index contributed by atoms with van der Waals surface area (Å²) in [5, 5.41) is 26.2. The molecule has 2 unspecified atom stereocenters. The molecule has 1 heterocycles. The summed E-state index contributed by atoms with van der Waals surface area (Å²) in [4.78, 5) is 146. The van der Waals surface area contributed by atoms with Crippen molar-refractivity contribution < 1.29 is 52.7 Å². The van der Waals surface area contributed by atoms with Gasteiger partial charge in [0, 0.05) is 52.5 Å². The summed E-state index contributed by atoms with van der Waals surface area (Å²) >= 11 is 0. The molecule has 1 aliphatic rings. The molecular weight excluding hydrogens is 921 g/mol. The highest BCUT2D eigenvalue weighted by atomic mass is 16.2. The minimum absolute atomic E-state index is 0.0365. The molecule has 10 N–H and O–H groups in total. The molecule has 1 rings (SSSR count). The minimum Gasteiger partial charge on any atom is -0.356 e. The van der Waals surface area contributed by atoms with Crippen LogP contribution in [0.15, 0.2) is 0 Å². The number of hydrogen-bond donors (Lipinski definition) is 10. The number of likely N-dealkylation sites (N-methyl/N-ethyl adjacent to an activating group) is 1. The van der Waals surface area contributed by atoms with E-state index in [1.165, 1.54) is 48.5 Å². The van der Waals surface area contributed by atoms with Crippen molar-refractivity contribution in [1.82, 2.24) is 63.0 Å². The van der Waals surface area contributed by atoms with Gasteiger partial charge in [0.15, 0.2) is 0 Å². The molecular formula is C48H86N12O11. The van der Waals surface area contributed by atoms with E-state index in [0.29, 0.717) is 64.7 Å². The minimum atomic E-state index is -1.59. The molecule has 0 aliphatic carbocycles. The smallest absolute Gasteiger partial charge is 0.246 e. The van der Waals surface area contributed by atoms with E-state index in [2.05, 4.69) is 53.2 Å². The van der Waals surface area contributed by atoms with Crippen molar-refractivity contribution in [2.45, 2.75) is 175 Å². The van der Waals surface area contributed by atoms with Crippen molar-refractivity contribution in [3.8, 4) is 0 Å². The lowest BCUT2D eigenvalue weighted by molar-refractivity contribution is -0.139. The number of carbonyl (C=O) groups is 11. The first-order valence-corrected chi connectivity index (χ1v) is 24.9. The fraction of sp³-hybridized carbons (Fsp3) is 0.771. The van der Waals surface area contributed by atoms with Crippen LogP contribution in [0.2, 0.25) is 0 Å². The Labute approximate surface area is 420 Å². The SMILES string of the molecule is CCCCCC(=O)N1CCCC1C(=O)NC(CCCCNC(C)=O)C(=O)NCC(=O)NC(C)(C)C(=O)NCC(=O)N[C@@H](CC(C)C)C(=O)NC(C)(C)C(=O)NC(C)(C)C(=O)NCCC(=O)NCCN(C)C. The maximum absolute atomic E-state index is 13.6. The standard InChI is InChI=1S/C48H86N12O11/c1-13-14-15-21-39(65)60-26-18-20-35(60)42(68)55-33(19-16-17-23-49-32(4)61)40(66)52-30-38(64)56-46(5,6)44(70)53-29-37(63)54-34(28-31(2)3)41(67)57-48(9,10)45(71)58-47(7,8)43(69)51-24-22-36(62)50-25-27-59(11)12/h31,33-35H,13-30H2,1-12H3,(H,49,61)(H,50,62)(H,51,69)(H,52,66)(H,53,70)(H,54,63)(H,55,68)(H,56,64)(H,57,67)(H,58,71)/t33?,34-,35?/m0/s1. The Morgan fingerprint density at radius 1 is 0.606 bits per heavy atom. The molecule has 71 heavy (non-hydrogen) atoms. The zero-order valence-corrected chi connectivity index (χ0v) is 44.4. The van der Waals surface area contributed by atoms with Crippen LogP contribution in [0.4, 0.5) is 0 Å². The van der Waals surface area contributed by atoms with E-state index in [-0.39, 0.29) is 49.4 Å². The lowest BCUT2D eigenvalue weighted by Crippen LogP contribution is -2.64. The van der Waals surface area contributed by atoms with Crippen LogP contribution in [0.1, 0.15) is 140 Å². The Morgan fingerprint density at radius 3 is 1.85 bits per heavy atom. The molecule has 23 nitrogen and oxygen atoms in total. The molecule has 0 aromatic carbocycles. The van der Waals surface area contributed by atoms with Crippen molar-refractivity contribution in [1.29, 1.82) is 0 Å². The molecule has 0 bridgehead atoms. The first kappa shape index (κ1) is 63.1. The topological polar surface area (TPSA) is 315 Å². The first-order chi connectivity index (χ1) is 33.0. The Balaban J connectivity index is 2.84. The molecule has 3 atom stereocenters. The maximum Gasteiger partial charge on any atom is 0.246 e. The second-order valence-electron chi connectivity index (χ2n) is 20.4. The summed E-state index contributed by atoms with van der Waals surface area (Å²) in [5.74, 6) is -6.00. The van der Waals surface area contributed by atoms with Crippen LogP contribution < -0.4 is 53.2 Å². The highest BCUT2D eigenvalue weighted by Gasteiger charge is 2.39. The summed E-state index contributed by atoms with van der Waals surface area (Å²) in [5.41, 5.74) is -4.59. The van der Waals surface area contributed by atoms with Crippen LogP contribution in [0.3, 0.4) is 0 Å². The van der Waals surface area contributed by atoms with Crippen LogP contribution >= 0.6 is 0 Å². The lowest BCUT2D eigenvalue weighted by Gasteiger charge is -2.33. The summed E-state index contributed by atoms with van der Waals surface area (Å²) in [7, 11) is 3.76. The summed E-state index contributed by atoms with van der Waals surface area (Å²) in [6.07, 6.45) is 5.30. The molecule has 1 aliphatic heterocycles. The van der Waals surface area contributed by atoms with E-state index in [4.69, 9.17) is 0 Å². The predicted molar refractivity (Wildman–Crippen MR) is 267 cm³/mol. The predicted octanol–water partition coefficient (Wildman–Crippen LogP) is -1.02. The lowest BCUT2D eigenvalue weighted by atomic mass is 9.97. The Hall–Kier alpha value is -5.87. The van der Waals surface area contributed by atoms with Gasteiger partial charge in [-0.1, -0.05) is 33.6 Å². The zero-order chi connectivity index (χ0) is 54.1. The molecule has 0 radical (unpaired) electrons. The monoisotopic (exact) mass is 1010 g/mol. The van der Waals surface area contributed by atoms with Gasteiger partial charge in [0.1, 0.15) is 34.7 Å². The highest BCUT2D eigenvalue weighted by Crippen LogP contribution is 2.20. The third-order valence-electron chi connectivity index (χ3n) is 11.5. The maximum atomic E-state index is 13.6. The fourth-order valence-corrected chi connectivity index (χ4v) is 7.32. The molecule has 0 saturated carbocycles. The quantitative estimate of drug-likeness (QED) is 0.0363. The van der Waals surface area contributed by atoms with Crippen LogP contribution in [-0.2, 0) is 52.7 Å². The fourth-order valence-electron chi connectivity index (χ4n) is 7.32. The van der Waals surface area contributed by atoms with Crippen molar-refractivity contribution in [3.05, 3.63) is 0 Å². The van der Waals surface area contributed by atoms with Crippen LogP contribution in [0, 0.1) is 5.92 Å². The Kier molecular flexibility index (Phi) is 27.4. The number of rotatable bonds is 32. The third-order valence-corrected chi connectivity index (χ3v) is 11.5. The van der Waals surface area contributed by atoms with Gasteiger partial charge < -0.3 is 63.0 Å². The van der Waals surface area contributed by atoms with Crippen LogP contribution in [0.5, 0.6) is 0 Å². The highest BCUT2D eigenvalue weighted by molar-refractivity contribution is 5.99. The second-order valence-corrected chi connectivity index (χ2v) is 20.4. The first-order valence-electron chi connectivity index (χ1n) is 24.9. The molecule has 404 valence electrons.